The second-order valence-electron chi connectivity index (χ2n) is 5.95. The fourth-order valence-corrected chi connectivity index (χ4v) is 2.76. The fourth-order valence-electron chi connectivity index (χ4n) is 2.76. The van der Waals surface area contributed by atoms with E-state index < -0.39 is 16.3 Å². The first-order valence-electron chi connectivity index (χ1n) is 7.02. The van der Waals surface area contributed by atoms with Crippen LogP contribution < -0.4 is 0 Å². The van der Waals surface area contributed by atoms with Crippen molar-refractivity contribution in [2.24, 2.45) is 5.41 Å². The third-order valence-electron chi connectivity index (χ3n) is 4.14. The summed E-state index contributed by atoms with van der Waals surface area (Å²) in [5, 5.41) is 20.1. The SMILES string of the molecule is Cc1cc(C(=O)N2CCCC(C)(C(=O)O)C2)ccc1[N+](=O)[O-]. The molecule has 0 spiro atoms. The quantitative estimate of drug-likeness (QED) is 0.681. The highest BCUT2D eigenvalue weighted by Crippen LogP contribution is 2.31. The fraction of sp³-hybridized carbons (Fsp3) is 0.467. The highest BCUT2D eigenvalue weighted by atomic mass is 16.6. The maximum atomic E-state index is 12.5. The molecule has 1 heterocycles. The number of nitro benzene ring substituents is 1. The number of nitrogens with zero attached hydrogens (tertiary/aromatic N) is 2. The molecule has 1 aromatic carbocycles. The maximum absolute atomic E-state index is 12.5. The van der Waals surface area contributed by atoms with Crippen LogP contribution in [0.5, 0.6) is 0 Å². The van der Waals surface area contributed by atoms with E-state index in [-0.39, 0.29) is 18.1 Å². The molecule has 0 aliphatic carbocycles. The summed E-state index contributed by atoms with van der Waals surface area (Å²) >= 11 is 0. The number of hydrogen-bond acceptors (Lipinski definition) is 4. The molecular formula is C15H18N2O5. The molecule has 1 amide bonds. The van der Waals surface area contributed by atoms with Gasteiger partial charge in [-0.2, -0.15) is 0 Å². The number of rotatable bonds is 3. The van der Waals surface area contributed by atoms with E-state index in [1.807, 2.05) is 0 Å². The first-order valence-corrected chi connectivity index (χ1v) is 7.02. The lowest BCUT2D eigenvalue weighted by molar-refractivity contribution is -0.385. The van der Waals surface area contributed by atoms with Gasteiger partial charge in [-0.05, 0) is 38.8 Å². The molecule has 0 saturated carbocycles. The molecule has 1 aliphatic heterocycles. The highest BCUT2D eigenvalue weighted by molar-refractivity contribution is 5.95. The average Bonchev–Trinajstić information content (AvgIpc) is 2.45. The second kappa shape index (κ2) is 5.75. The zero-order valence-corrected chi connectivity index (χ0v) is 12.5. The van der Waals surface area contributed by atoms with Crippen molar-refractivity contribution in [3.63, 3.8) is 0 Å². The summed E-state index contributed by atoms with van der Waals surface area (Å²) in [6.45, 7) is 3.86. The van der Waals surface area contributed by atoms with Crippen molar-refractivity contribution in [3.8, 4) is 0 Å². The Balaban J connectivity index is 2.23. The van der Waals surface area contributed by atoms with Crippen LogP contribution in [0.1, 0.15) is 35.7 Å². The number of piperidine rings is 1. The zero-order valence-electron chi connectivity index (χ0n) is 12.5. The van der Waals surface area contributed by atoms with Gasteiger partial charge in [-0.15, -0.1) is 0 Å². The Bertz CT molecular complexity index is 643. The van der Waals surface area contributed by atoms with Crippen molar-refractivity contribution in [3.05, 3.63) is 39.4 Å². The largest absolute Gasteiger partial charge is 0.481 e. The number of likely N-dealkylation sites (tertiary alicyclic amines) is 1. The number of aliphatic carboxylic acids is 1. The summed E-state index contributed by atoms with van der Waals surface area (Å²) in [5.74, 6) is -1.20. The van der Waals surface area contributed by atoms with Gasteiger partial charge in [-0.25, -0.2) is 0 Å². The minimum absolute atomic E-state index is 0.0365. The molecule has 0 aromatic heterocycles. The molecule has 1 aliphatic rings. The molecule has 7 nitrogen and oxygen atoms in total. The van der Waals surface area contributed by atoms with Crippen LogP contribution in [0.2, 0.25) is 0 Å². The molecule has 1 unspecified atom stereocenters. The minimum Gasteiger partial charge on any atom is -0.481 e. The molecule has 1 saturated heterocycles. The molecule has 0 radical (unpaired) electrons. The van der Waals surface area contributed by atoms with Crippen molar-refractivity contribution in [2.45, 2.75) is 26.7 Å². The van der Waals surface area contributed by atoms with Gasteiger partial charge in [0, 0.05) is 30.3 Å². The van der Waals surface area contributed by atoms with Crippen LogP contribution in [0.15, 0.2) is 18.2 Å². The smallest absolute Gasteiger partial charge is 0.311 e. The number of hydrogen-bond donors (Lipinski definition) is 1. The second-order valence-corrected chi connectivity index (χ2v) is 5.95. The Labute approximate surface area is 127 Å². The first-order chi connectivity index (χ1) is 10.2. The topological polar surface area (TPSA) is 101 Å². The molecule has 1 aromatic rings. The van der Waals surface area contributed by atoms with E-state index in [2.05, 4.69) is 0 Å². The summed E-state index contributed by atoms with van der Waals surface area (Å²) in [6, 6.07) is 4.20. The van der Waals surface area contributed by atoms with Gasteiger partial charge in [0.05, 0.1) is 10.3 Å². The number of carbonyl (C=O) groups excluding carboxylic acids is 1. The lowest BCUT2D eigenvalue weighted by Crippen LogP contribution is -2.48. The normalized spacial score (nSPS) is 21.5. The number of aryl methyl sites for hydroxylation is 1. The molecule has 1 N–H and O–H groups in total. The number of nitro groups is 1. The van der Waals surface area contributed by atoms with Gasteiger partial charge >= 0.3 is 5.97 Å². The molecule has 7 heteroatoms. The van der Waals surface area contributed by atoms with Crippen LogP contribution in [0.4, 0.5) is 5.69 Å². The standard InChI is InChI=1S/C15H18N2O5/c1-10-8-11(4-5-12(10)17(21)22)13(18)16-7-3-6-15(2,9-16)14(19)20/h4-5,8H,3,6-7,9H2,1-2H3,(H,19,20). The Hall–Kier alpha value is -2.44. The van der Waals surface area contributed by atoms with Gasteiger partial charge in [0.1, 0.15) is 0 Å². The predicted molar refractivity (Wildman–Crippen MR) is 78.7 cm³/mol. The number of carboxylic acids is 1. The molecular weight excluding hydrogens is 288 g/mol. The van der Waals surface area contributed by atoms with Crippen LogP contribution in [0.25, 0.3) is 0 Å². The monoisotopic (exact) mass is 306 g/mol. The van der Waals surface area contributed by atoms with Crippen molar-refractivity contribution >= 4 is 17.6 Å². The Morgan fingerprint density at radius 3 is 2.64 bits per heavy atom. The number of carbonyl (C=O) groups is 2. The number of benzene rings is 1. The average molecular weight is 306 g/mol. The van der Waals surface area contributed by atoms with Gasteiger partial charge in [-0.1, -0.05) is 0 Å². The van der Waals surface area contributed by atoms with E-state index in [1.54, 1.807) is 13.8 Å². The Morgan fingerprint density at radius 1 is 1.41 bits per heavy atom. The van der Waals surface area contributed by atoms with Gasteiger partial charge in [0.2, 0.25) is 0 Å². The summed E-state index contributed by atoms with van der Waals surface area (Å²) < 4.78 is 0. The van der Waals surface area contributed by atoms with Crippen LogP contribution in [0.3, 0.4) is 0 Å². The molecule has 22 heavy (non-hydrogen) atoms. The van der Waals surface area contributed by atoms with Gasteiger partial charge in [0.15, 0.2) is 0 Å². The van der Waals surface area contributed by atoms with E-state index >= 15 is 0 Å². The molecule has 1 fully saturated rings. The van der Waals surface area contributed by atoms with E-state index in [1.165, 1.54) is 23.1 Å². The van der Waals surface area contributed by atoms with E-state index in [0.29, 0.717) is 30.5 Å². The molecule has 1 atom stereocenters. The van der Waals surface area contributed by atoms with E-state index in [0.717, 1.165) is 0 Å². The zero-order chi connectivity index (χ0) is 16.5. The van der Waals surface area contributed by atoms with Crippen LogP contribution >= 0.6 is 0 Å². The molecule has 0 bridgehead atoms. The van der Waals surface area contributed by atoms with Crippen molar-refractivity contribution in [1.82, 2.24) is 4.90 Å². The number of carboxylic acid groups (broad SMARTS) is 1. The summed E-state index contributed by atoms with van der Waals surface area (Å²) in [7, 11) is 0. The van der Waals surface area contributed by atoms with Crippen LogP contribution in [-0.2, 0) is 4.79 Å². The molecule has 2 rings (SSSR count). The van der Waals surface area contributed by atoms with E-state index in [4.69, 9.17) is 0 Å². The first kappa shape index (κ1) is 15.9. The van der Waals surface area contributed by atoms with Crippen LogP contribution in [0, 0.1) is 22.5 Å². The van der Waals surface area contributed by atoms with Crippen molar-refractivity contribution < 1.29 is 19.6 Å². The lowest BCUT2D eigenvalue weighted by atomic mass is 9.82. The Morgan fingerprint density at radius 2 is 2.09 bits per heavy atom. The van der Waals surface area contributed by atoms with Crippen molar-refractivity contribution in [1.29, 1.82) is 0 Å². The Kier molecular flexibility index (Phi) is 4.16. The maximum Gasteiger partial charge on any atom is 0.311 e. The minimum atomic E-state index is -0.941. The summed E-state index contributed by atoms with van der Waals surface area (Å²) in [6.07, 6.45) is 1.16. The van der Waals surface area contributed by atoms with E-state index in [9.17, 15) is 24.8 Å². The molecule has 118 valence electrons. The van der Waals surface area contributed by atoms with Crippen molar-refractivity contribution in [2.75, 3.05) is 13.1 Å². The third-order valence-corrected chi connectivity index (χ3v) is 4.14. The van der Waals surface area contributed by atoms with Gasteiger partial charge < -0.3 is 10.0 Å². The van der Waals surface area contributed by atoms with Crippen LogP contribution in [-0.4, -0.2) is 39.9 Å². The summed E-state index contributed by atoms with van der Waals surface area (Å²) in [4.78, 5) is 35.7. The third kappa shape index (κ3) is 2.93. The lowest BCUT2D eigenvalue weighted by Gasteiger charge is -2.37. The van der Waals surface area contributed by atoms with Gasteiger partial charge in [0.25, 0.3) is 11.6 Å². The summed E-state index contributed by atoms with van der Waals surface area (Å²) in [5.41, 5.74) is -0.221. The van der Waals surface area contributed by atoms with Gasteiger partial charge in [-0.3, -0.25) is 19.7 Å². The number of amides is 1. The highest BCUT2D eigenvalue weighted by Gasteiger charge is 2.39. The predicted octanol–water partition coefficient (Wildman–Crippen LogP) is 2.23.